The van der Waals surface area contributed by atoms with Crippen molar-refractivity contribution in [3.63, 3.8) is 0 Å². The van der Waals surface area contributed by atoms with E-state index in [4.69, 9.17) is 9.47 Å². The normalized spacial score (nSPS) is 11.8. The largest absolute Gasteiger partial charge is 0.496 e. The van der Waals surface area contributed by atoms with Crippen molar-refractivity contribution in [3.8, 4) is 5.75 Å². The number of ether oxygens (including phenoxy) is 2. The molecule has 0 radical (unpaired) electrons. The lowest BCUT2D eigenvalue weighted by atomic mass is 10.1. The van der Waals surface area contributed by atoms with Crippen LogP contribution in [0.25, 0.3) is 0 Å². The van der Waals surface area contributed by atoms with Crippen molar-refractivity contribution in [1.82, 2.24) is 5.32 Å². The number of alkyl halides is 1. The first kappa shape index (κ1) is 17.4. The molecule has 1 atom stereocenters. The highest BCUT2D eigenvalue weighted by Gasteiger charge is 2.16. The Bertz CT molecular complexity index is 509. The van der Waals surface area contributed by atoms with Gasteiger partial charge in [0.1, 0.15) is 5.75 Å². The number of nitro benzene ring substituents is 1. The fraction of sp³-hybridized carbons (Fsp3) is 0.462. The zero-order valence-corrected chi connectivity index (χ0v) is 13.4. The number of halogens is 1. The van der Waals surface area contributed by atoms with E-state index in [0.29, 0.717) is 19.6 Å². The second-order valence-electron chi connectivity index (χ2n) is 4.24. The Morgan fingerprint density at radius 3 is 2.76 bits per heavy atom. The van der Waals surface area contributed by atoms with Gasteiger partial charge in [-0.15, -0.1) is 0 Å². The molecule has 0 aromatic heterocycles. The maximum atomic E-state index is 12.0. The fourth-order valence-corrected chi connectivity index (χ4v) is 2.18. The van der Waals surface area contributed by atoms with Crippen LogP contribution in [0.4, 0.5) is 5.69 Å². The summed E-state index contributed by atoms with van der Waals surface area (Å²) in [5.74, 6) is -0.159. The average molecular weight is 361 g/mol. The van der Waals surface area contributed by atoms with Gasteiger partial charge in [-0.25, -0.2) is 0 Å². The van der Waals surface area contributed by atoms with Crippen LogP contribution in [0.15, 0.2) is 18.2 Å². The van der Waals surface area contributed by atoms with Crippen molar-refractivity contribution in [1.29, 1.82) is 0 Å². The van der Waals surface area contributed by atoms with Gasteiger partial charge in [0.05, 0.1) is 30.3 Å². The monoisotopic (exact) mass is 360 g/mol. The smallest absolute Gasteiger partial charge is 0.273 e. The zero-order valence-electron chi connectivity index (χ0n) is 11.8. The number of carbonyl (C=O) groups excluding carboxylic acids is 1. The van der Waals surface area contributed by atoms with Crippen molar-refractivity contribution >= 4 is 27.5 Å². The highest BCUT2D eigenvalue weighted by Crippen LogP contribution is 2.24. The fourth-order valence-electron chi connectivity index (χ4n) is 1.68. The van der Waals surface area contributed by atoms with Gasteiger partial charge in [0.15, 0.2) is 0 Å². The number of benzene rings is 1. The lowest BCUT2D eigenvalue weighted by molar-refractivity contribution is -0.384. The first-order valence-electron chi connectivity index (χ1n) is 6.23. The number of non-ortho nitro benzene ring substituents is 1. The van der Waals surface area contributed by atoms with Gasteiger partial charge in [-0.2, -0.15) is 0 Å². The van der Waals surface area contributed by atoms with E-state index in [0.717, 1.165) is 0 Å². The summed E-state index contributed by atoms with van der Waals surface area (Å²) in [6, 6.07) is 3.88. The molecular weight excluding hydrogens is 344 g/mol. The predicted molar refractivity (Wildman–Crippen MR) is 81.2 cm³/mol. The summed E-state index contributed by atoms with van der Waals surface area (Å²) in [6.45, 7) is 1.01. The number of nitrogens with one attached hydrogen (secondary N) is 1. The third-order valence-electron chi connectivity index (χ3n) is 2.73. The molecular formula is C13H17BrN2O5. The summed E-state index contributed by atoms with van der Waals surface area (Å²) in [7, 11) is 2.97. The molecule has 0 aliphatic carbocycles. The third kappa shape index (κ3) is 5.31. The number of nitrogens with zero attached hydrogens (tertiary/aromatic N) is 1. The average Bonchev–Trinajstić information content (AvgIpc) is 2.46. The van der Waals surface area contributed by atoms with Gasteiger partial charge < -0.3 is 14.8 Å². The van der Waals surface area contributed by atoms with Crippen LogP contribution in [0, 0.1) is 10.1 Å². The van der Waals surface area contributed by atoms with Gasteiger partial charge in [-0.1, -0.05) is 15.9 Å². The molecule has 0 spiro atoms. The van der Waals surface area contributed by atoms with Crippen molar-refractivity contribution in [2.24, 2.45) is 0 Å². The molecule has 21 heavy (non-hydrogen) atoms. The molecule has 0 aliphatic heterocycles. The Hall–Kier alpha value is -1.67. The van der Waals surface area contributed by atoms with E-state index >= 15 is 0 Å². The SMILES string of the molecule is COCC(Br)CCNC(=O)c1ccc([N+](=O)[O-])cc1OC. The predicted octanol–water partition coefficient (Wildman–Crippen LogP) is 2.13. The molecule has 1 N–H and O–H groups in total. The van der Waals surface area contributed by atoms with Gasteiger partial charge in [0.25, 0.3) is 11.6 Å². The minimum absolute atomic E-state index is 0.121. The van der Waals surface area contributed by atoms with E-state index in [1.165, 1.54) is 25.3 Å². The molecule has 1 rings (SSSR count). The molecule has 0 bridgehead atoms. The van der Waals surface area contributed by atoms with Gasteiger partial charge >= 0.3 is 0 Å². The Balaban J connectivity index is 2.67. The van der Waals surface area contributed by atoms with E-state index in [1.54, 1.807) is 7.11 Å². The number of amides is 1. The van der Waals surface area contributed by atoms with Crippen LogP contribution in [0.5, 0.6) is 5.75 Å². The van der Waals surface area contributed by atoms with Crippen molar-refractivity contribution in [2.75, 3.05) is 27.4 Å². The van der Waals surface area contributed by atoms with Crippen LogP contribution in [-0.2, 0) is 4.74 Å². The summed E-state index contributed by atoms with van der Waals surface area (Å²) in [5, 5.41) is 13.4. The molecule has 0 aliphatic rings. The maximum Gasteiger partial charge on any atom is 0.273 e. The van der Waals surface area contributed by atoms with Crippen LogP contribution in [0.3, 0.4) is 0 Å². The second-order valence-corrected chi connectivity index (χ2v) is 5.53. The molecule has 1 amide bonds. The lowest BCUT2D eigenvalue weighted by Gasteiger charge is -2.11. The van der Waals surface area contributed by atoms with Crippen molar-refractivity contribution in [2.45, 2.75) is 11.2 Å². The number of methoxy groups -OCH3 is 2. The highest BCUT2D eigenvalue weighted by atomic mass is 79.9. The summed E-state index contributed by atoms with van der Waals surface area (Å²) in [6.07, 6.45) is 0.703. The van der Waals surface area contributed by atoms with Gasteiger partial charge in [-0.05, 0) is 12.5 Å². The number of rotatable bonds is 8. The first-order valence-corrected chi connectivity index (χ1v) is 7.14. The number of hydrogen-bond acceptors (Lipinski definition) is 5. The molecule has 1 aromatic carbocycles. The number of carbonyl (C=O) groups is 1. The molecule has 1 aromatic rings. The Labute approximate surface area is 130 Å². The topological polar surface area (TPSA) is 90.7 Å². The van der Waals surface area contributed by atoms with E-state index in [9.17, 15) is 14.9 Å². The molecule has 0 saturated carbocycles. The van der Waals surface area contributed by atoms with Crippen LogP contribution in [0.1, 0.15) is 16.8 Å². The first-order chi connectivity index (χ1) is 9.99. The van der Waals surface area contributed by atoms with Crippen LogP contribution in [-0.4, -0.2) is 43.0 Å². The summed E-state index contributed by atoms with van der Waals surface area (Å²) < 4.78 is 10.0. The van der Waals surface area contributed by atoms with E-state index in [2.05, 4.69) is 21.2 Å². The summed E-state index contributed by atoms with van der Waals surface area (Å²) in [4.78, 5) is 22.3. The lowest BCUT2D eigenvalue weighted by Crippen LogP contribution is -2.27. The molecule has 0 fully saturated rings. The molecule has 116 valence electrons. The quantitative estimate of drug-likeness (QED) is 0.435. The Morgan fingerprint density at radius 1 is 1.48 bits per heavy atom. The van der Waals surface area contributed by atoms with Crippen molar-refractivity contribution < 1.29 is 19.2 Å². The minimum Gasteiger partial charge on any atom is -0.496 e. The van der Waals surface area contributed by atoms with E-state index in [1.807, 2.05) is 0 Å². The third-order valence-corrected chi connectivity index (χ3v) is 3.45. The van der Waals surface area contributed by atoms with Gasteiger partial charge in [0.2, 0.25) is 0 Å². The highest BCUT2D eigenvalue weighted by molar-refractivity contribution is 9.09. The van der Waals surface area contributed by atoms with Gasteiger partial charge in [-0.3, -0.25) is 14.9 Å². The summed E-state index contributed by atoms with van der Waals surface area (Å²) >= 11 is 3.42. The van der Waals surface area contributed by atoms with Crippen LogP contribution in [0.2, 0.25) is 0 Å². The van der Waals surface area contributed by atoms with Crippen molar-refractivity contribution in [3.05, 3.63) is 33.9 Å². The summed E-state index contributed by atoms with van der Waals surface area (Å²) in [5.41, 5.74) is 0.144. The molecule has 7 nitrogen and oxygen atoms in total. The van der Waals surface area contributed by atoms with Crippen LogP contribution >= 0.6 is 15.9 Å². The second kappa shape index (κ2) is 8.58. The standard InChI is InChI=1S/C13H17BrN2O5/c1-20-8-9(14)5-6-15-13(17)11-4-3-10(16(18)19)7-12(11)21-2/h3-4,7,9H,5-6,8H2,1-2H3,(H,15,17). The molecule has 0 heterocycles. The van der Waals surface area contributed by atoms with Gasteiger partial charge in [0, 0.05) is 24.5 Å². The molecule has 8 heteroatoms. The minimum atomic E-state index is -0.537. The Morgan fingerprint density at radius 2 is 2.19 bits per heavy atom. The Kier molecular flexibility index (Phi) is 7.10. The van der Waals surface area contributed by atoms with E-state index in [-0.39, 0.29) is 27.7 Å². The molecule has 1 unspecified atom stereocenters. The number of hydrogen-bond donors (Lipinski definition) is 1. The van der Waals surface area contributed by atoms with E-state index < -0.39 is 4.92 Å². The molecule has 0 saturated heterocycles. The zero-order chi connectivity index (χ0) is 15.8. The number of nitro groups is 1. The maximum absolute atomic E-state index is 12.0. The van der Waals surface area contributed by atoms with Crippen LogP contribution < -0.4 is 10.1 Å².